The van der Waals surface area contributed by atoms with E-state index < -0.39 is 29.3 Å². The number of rotatable bonds is 6. The van der Waals surface area contributed by atoms with E-state index in [1.807, 2.05) is 13.8 Å². The van der Waals surface area contributed by atoms with Crippen LogP contribution in [-0.2, 0) is 10.9 Å². The lowest BCUT2D eigenvalue weighted by atomic mass is 10.2. The molecule has 0 spiro atoms. The minimum absolute atomic E-state index is 0.0584. The Hall–Kier alpha value is -1.90. The standard InChI is InChI=1S/C12H17F3N4O2/c1-7(2)21-5-3-4-17-10(20)8-6-18-11(16)19-9(8)12(13,14)15/h6-7H,3-5H2,1-2H3,(H,17,20)(H2,16,18,19). The number of hydrogen-bond donors (Lipinski definition) is 2. The molecule has 0 fully saturated rings. The van der Waals surface area contributed by atoms with Crippen molar-refractivity contribution >= 4 is 11.9 Å². The summed E-state index contributed by atoms with van der Waals surface area (Å²) in [6.07, 6.45) is -3.46. The second-order valence-electron chi connectivity index (χ2n) is 4.52. The molecule has 21 heavy (non-hydrogen) atoms. The quantitative estimate of drug-likeness (QED) is 0.780. The van der Waals surface area contributed by atoms with Crippen LogP contribution in [0.25, 0.3) is 0 Å². The summed E-state index contributed by atoms with van der Waals surface area (Å²) in [6.45, 7) is 4.31. The average molecular weight is 306 g/mol. The Morgan fingerprint density at radius 3 is 2.71 bits per heavy atom. The van der Waals surface area contributed by atoms with Gasteiger partial charge in [-0.15, -0.1) is 0 Å². The number of nitrogens with zero attached hydrogens (tertiary/aromatic N) is 2. The van der Waals surface area contributed by atoms with Crippen LogP contribution in [-0.4, -0.2) is 35.1 Å². The van der Waals surface area contributed by atoms with Crippen molar-refractivity contribution in [3.63, 3.8) is 0 Å². The van der Waals surface area contributed by atoms with Gasteiger partial charge in [0, 0.05) is 19.3 Å². The van der Waals surface area contributed by atoms with Crippen LogP contribution in [0, 0.1) is 0 Å². The van der Waals surface area contributed by atoms with Gasteiger partial charge in [-0.05, 0) is 20.3 Å². The van der Waals surface area contributed by atoms with Crippen LogP contribution in [0.3, 0.4) is 0 Å². The van der Waals surface area contributed by atoms with Crippen LogP contribution in [0.5, 0.6) is 0 Å². The van der Waals surface area contributed by atoms with Gasteiger partial charge in [0.25, 0.3) is 5.91 Å². The number of aromatic nitrogens is 2. The molecule has 1 aromatic rings. The Kier molecular flexibility index (Phi) is 5.89. The maximum Gasteiger partial charge on any atom is 0.434 e. The van der Waals surface area contributed by atoms with Crippen LogP contribution in [0.4, 0.5) is 19.1 Å². The highest BCUT2D eigenvalue weighted by Crippen LogP contribution is 2.30. The average Bonchev–Trinajstić information content (AvgIpc) is 2.36. The second kappa shape index (κ2) is 7.21. The van der Waals surface area contributed by atoms with Crippen molar-refractivity contribution in [2.75, 3.05) is 18.9 Å². The Morgan fingerprint density at radius 1 is 1.48 bits per heavy atom. The van der Waals surface area contributed by atoms with E-state index in [4.69, 9.17) is 10.5 Å². The molecule has 0 radical (unpaired) electrons. The first-order valence-electron chi connectivity index (χ1n) is 6.31. The summed E-state index contributed by atoms with van der Waals surface area (Å²) >= 11 is 0. The summed E-state index contributed by atoms with van der Waals surface area (Å²) in [7, 11) is 0. The minimum Gasteiger partial charge on any atom is -0.379 e. The van der Waals surface area contributed by atoms with Gasteiger partial charge in [0.1, 0.15) is 0 Å². The Labute approximate surface area is 119 Å². The van der Waals surface area contributed by atoms with Crippen LogP contribution in [0.1, 0.15) is 36.3 Å². The van der Waals surface area contributed by atoms with Gasteiger partial charge in [-0.3, -0.25) is 4.79 Å². The molecular weight excluding hydrogens is 289 g/mol. The van der Waals surface area contributed by atoms with Crippen molar-refractivity contribution in [3.05, 3.63) is 17.5 Å². The molecule has 1 rings (SSSR count). The fourth-order valence-corrected chi connectivity index (χ4v) is 1.47. The van der Waals surface area contributed by atoms with Gasteiger partial charge in [-0.1, -0.05) is 0 Å². The summed E-state index contributed by atoms with van der Waals surface area (Å²) in [6, 6.07) is 0. The number of nitrogens with one attached hydrogen (secondary N) is 1. The number of nitrogen functional groups attached to an aromatic ring is 1. The van der Waals surface area contributed by atoms with Crippen molar-refractivity contribution in [2.24, 2.45) is 0 Å². The Morgan fingerprint density at radius 2 is 2.14 bits per heavy atom. The lowest BCUT2D eigenvalue weighted by Crippen LogP contribution is -2.29. The van der Waals surface area contributed by atoms with E-state index in [0.29, 0.717) is 13.0 Å². The van der Waals surface area contributed by atoms with Gasteiger partial charge >= 0.3 is 6.18 Å². The molecule has 0 aliphatic heterocycles. The number of hydrogen-bond acceptors (Lipinski definition) is 5. The molecule has 1 heterocycles. The molecule has 6 nitrogen and oxygen atoms in total. The van der Waals surface area contributed by atoms with Gasteiger partial charge in [0.2, 0.25) is 5.95 Å². The third-order valence-corrected chi connectivity index (χ3v) is 2.38. The zero-order chi connectivity index (χ0) is 16.0. The topological polar surface area (TPSA) is 90.1 Å². The highest BCUT2D eigenvalue weighted by molar-refractivity contribution is 5.95. The van der Waals surface area contributed by atoms with E-state index in [2.05, 4.69) is 15.3 Å². The van der Waals surface area contributed by atoms with E-state index in [1.54, 1.807) is 0 Å². The summed E-state index contributed by atoms with van der Waals surface area (Å²) in [5.41, 5.74) is 3.13. The van der Waals surface area contributed by atoms with E-state index >= 15 is 0 Å². The van der Waals surface area contributed by atoms with Crippen LogP contribution < -0.4 is 11.1 Å². The molecule has 0 unspecified atom stereocenters. The Balaban J connectivity index is 2.66. The number of nitrogens with two attached hydrogens (primary N) is 1. The molecule has 3 N–H and O–H groups in total. The normalized spacial score (nSPS) is 11.7. The predicted molar refractivity (Wildman–Crippen MR) is 69.5 cm³/mol. The maximum atomic E-state index is 12.8. The highest BCUT2D eigenvalue weighted by atomic mass is 19.4. The smallest absolute Gasteiger partial charge is 0.379 e. The highest BCUT2D eigenvalue weighted by Gasteiger charge is 2.37. The molecular formula is C12H17F3N4O2. The first-order valence-corrected chi connectivity index (χ1v) is 6.31. The first kappa shape index (κ1) is 17.2. The molecule has 0 atom stereocenters. The van der Waals surface area contributed by atoms with Crippen LogP contribution in [0.2, 0.25) is 0 Å². The van der Waals surface area contributed by atoms with Crippen molar-refractivity contribution in [3.8, 4) is 0 Å². The summed E-state index contributed by atoms with van der Waals surface area (Å²) in [5.74, 6) is -1.43. The number of amides is 1. The zero-order valence-corrected chi connectivity index (χ0v) is 11.7. The van der Waals surface area contributed by atoms with E-state index in [-0.39, 0.29) is 12.6 Å². The molecule has 1 aromatic heterocycles. The van der Waals surface area contributed by atoms with Gasteiger partial charge in [-0.25, -0.2) is 9.97 Å². The second-order valence-corrected chi connectivity index (χ2v) is 4.52. The lowest BCUT2D eigenvalue weighted by molar-refractivity contribution is -0.141. The number of alkyl halides is 3. The van der Waals surface area contributed by atoms with Crippen molar-refractivity contribution in [1.82, 2.24) is 15.3 Å². The monoisotopic (exact) mass is 306 g/mol. The molecule has 118 valence electrons. The number of carbonyl (C=O) groups excluding carboxylic acids is 1. The van der Waals surface area contributed by atoms with Crippen LogP contribution in [0.15, 0.2) is 6.20 Å². The van der Waals surface area contributed by atoms with Gasteiger partial charge in [0.05, 0.1) is 11.7 Å². The lowest BCUT2D eigenvalue weighted by Gasteiger charge is -2.12. The summed E-state index contributed by atoms with van der Waals surface area (Å²) in [5, 5.41) is 2.36. The minimum atomic E-state index is -4.77. The SMILES string of the molecule is CC(C)OCCCNC(=O)c1cnc(N)nc1C(F)(F)F. The number of carbonyl (C=O) groups is 1. The summed E-state index contributed by atoms with van der Waals surface area (Å²) in [4.78, 5) is 18.3. The van der Waals surface area contributed by atoms with E-state index in [0.717, 1.165) is 6.20 Å². The molecule has 0 bridgehead atoms. The number of anilines is 1. The van der Waals surface area contributed by atoms with Crippen LogP contribution >= 0.6 is 0 Å². The van der Waals surface area contributed by atoms with Gasteiger partial charge in [-0.2, -0.15) is 13.2 Å². The molecule has 0 saturated heterocycles. The molecule has 0 aliphatic carbocycles. The fraction of sp³-hybridized carbons (Fsp3) is 0.583. The fourth-order valence-electron chi connectivity index (χ4n) is 1.47. The third kappa shape index (κ3) is 5.54. The van der Waals surface area contributed by atoms with Gasteiger partial charge < -0.3 is 15.8 Å². The van der Waals surface area contributed by atoms with Crippen molar-refractivity contribution in [2.45, 2.75) is 32.5 Å². The first-order chi connectivity index (χ1) is 9.71. The van der Waals surface area contributed by atoms with Crippen molar-refractivity contribution in [1.29, 1.82) is 0 Å². The largest absolute Gasteiger partial charge is 0.434 e. The Bertz CT molecular complexity index is 492. The summed E-state index contributed by atoms with van der Waals surface area (Å²) < 4.78 is 43.6. The molecule has 0 aromatic carbocycles. The van der Waals surface area contributed by atoms with Crippen molar-refractivity contribution < 1.29 is 22.7 Å². The van der Waals surface area contributed by atoms with E-state index in [9.17, 15) is 18.0 Å². The molecule has 1 amide bonds. The van der Waals surface area contributed by atoms with E-state index in [1.165, 1.54) is 0 Å². The predicted octanol–water partition coefficient (Wildman–Crippen LogP) is 1.62. The van der Waals surface area contributed by atoms with Gasteiger partial charge in [0.15, 0.2) is 5.69 Å². The molecule has 9 heteroatoms. The zero-order valence-electron chi connectivity index (χ0n) is 11.7. The molecule has 0 saturated carbocycles. The third-order valence-electron chi connectivity index (χ3n) is 2.38. The maximum absolute atomic E-state index is 12.8. The molecule has 0 aliphatic rings. The number of ether oxygens (including phenoxy) is 1. The number of halogens is 3.